The van der Waals surface area contributed by atoms with Gasteiger partial charge < -0.3 is 4.89 Å². The van der Waals surface area contributed by atoms with Crippen LogP contribution in [0.5, 0.6) is 0 Å². The van der Waals surface area contributed by atoms with Crippen LogP contribution in [-0.4, -0.2) is 24.0 Å². The van der Waals surface area contributed by atoms with E-state index in [4.69, 9.17) is 21.0 Å². The summed E-state index contributed by atoms with van der Waals surface area (Å²) in [6, 6.07) is 0. The van der Waals surface area contributed by atoms with E-state index in [0.29, 0.717) is 0 Å². The molecule has 0 saturated heterocycles. The maximum Gasteiger partial charge on any atom is 0.472 e. The van der Waals surface area contributed by atoms with Gasteiger partial charge in [-0.1, -0.05) is 20.8 Å². The predicted octanol–water partition coefficient (Wildman–Crippen LogP) is 2.40. The van der Waals surface area contributed by atoms with Crippen molar-refractivity contribution in [2.75, 3.05) is 19.1 Å². The minimum Gasteiger partial charge on any atom is -0.302 e. The van der Waals surface area contributed by atoms with Crippen molar-refractivity contribution < 1.29 is 18.5 Å². The van der Waals surface area contributed by atoms with Crippen LogP contribution in [0.4, 0.5) is 0 Å². The zero-order valence-corrected chi connectivity index (χ0v) is 9.77. The first kappa shape index (κ1) is 13.4. The van der Waals surface area contributed by atoms with Crippen molar-refractivity contribution in [3.8, 4) is 0 Å². The molecule has 6 heteroatoms. The predicted molar refractivity (Wildman–Crippen MR) is 51.9 cm³/mol. The van der Waals surface area contributed by atoms with E-state index in [0.717, 1.165) is 0 Å². The van der Waals surface area contributed by atoms with Crippen molar-refractivity contribution in [2.45, 2.75) is 20.8 Å². The first-order chi connectivity index (χ1) is 5.77. The number of alkyl halides is 1. The van der Waals surface area contributed by atoms with Gasteiger partial charge in [-0.3, -0.25) is 9.05 Å². The number of hydrogen-bond donors (Lipinski definition) is 1. The summed E-state index contributed by atoms with van der Waals surface area (Å²) in [6.07, 6.45) is 0. The third kappa shape index (κ3) is 8.72. The number of halogens is 1. The van der Waals surface area contributed by atoms with Crippen LogP contribution in [0, 0.1) is 5.41 Å². The molecule has 0 spiro atoms. The van der Waals surface area contributed by atoms with Gasteiger partial charge in [0.2, 0.25) is 0 Å². The quantitative estimate of drug-likeness (QED) is 0.582. The lowest BCUT2D eigenvalue weighted by atomic mass is 9.99. The summed E-state index contributed by atoms with van der Waals surface area (Å²) in [5.74, 6) is 0.170. The number of rotatable bonds is 5. The Kier molecular flexibility index (Phi) is 5.49. The molecule has 0 heterocycles. The Morgan fingerprint density at radius 2 is 1.92 bits per heavy atom. The van der Waals surface area contributed by atoms with Crippen molar-refractivity contribution in [3.63, 3.8) is 0 Å². The average molecular weight is 231 g/mol. The summed E-state index contributed by atoms with van der Waals surface area (Å²) in [7, 11) is -3.89. The molecule has 0 aliphatic carbocycles. The Bertz CT molecular complexity index is 189. The lowest BCUT2D eigenvalue weighted by Crippen LogP contribution is -2.14. The maximum absolute atomic E-state index is 11.1. The minimum absolute atomic E-state index is 0.0134. The van der Waals surface area contributed by atoms with Crippen LogP contribution >= 0.6 is 19.4 Å². The largest absolute Gasteiger partial charge is 0.472 e. The zero-order chi connectivity index (χ0) is 10.5. The monoisotopic (exact) mass is 230 g/mol. The molecule has 0 bridgehead atoms. The van der Waals surface area contributed by atoms with E-state index < -0.39 is 7.82 Å². The second-order valence-electron chi connectivity index (χ2n) is 3.82. The second kappa shape index (κ2) is 5.32. The van der Waals surface area contributed by atoms with Crippen molar-refractivity contribution in [1.82, 2.24) is 0 Å². The Labute approximate surface area is 83.8 Å². The van der Waals surface area contributed by atoms with Gasteiger partial charge in [0.05, 0.1) is 13.2 Å². The van der Waals surface area contributed by atoms with Gasteiger partial charge in [-0.25, -0.2) is 4.57 Å². The Balaban J connectivity index is 3.83. The highest BCUT2D eigenvalue weighted by molar-refractivity contribution is 7.47. The Morgan fingerprint density at radius 1 is 1.38 bits per heavy atom. The number of phosphoric acid groups is 1. The highest BCUT2D eigenvalue weighted by Gasteiger charge is 2.23. The SMILES string of the molecule is CC(C)(C)COP(=O)(O)OCCCl. The Hall–Kier alpha value is 0.400. The van der Waals surface area contributed by atoms with Crippen LogP contribution in [0.2, 0.25) is 0 Å². The number of phosphoric ester groups is 1. The summed E-state index contributed by atoms with van der Waals surface area (Å²) in [5.41, 5.74) is -0.164. The van der Waals surface area contributed by atoms with Crippen molar-refractivity contribution in [1.29, 1.82) is 0 Å². The molecule has 0 aromatic heterocycles. The van der Waals surface area contributed by atoms with Gasteiger partial charge in [0, 0.05) is 5.88 Å². The molecule has 4 nitrogen and oxygen atoms in total. The fourth-order valence-corrected chi connectivity index (χ4v) is 1.59. The lowest BCUT2D eigenvalue weighted by Gasteiger charge is -2.20. The molecule has 0 aliphatic rings. The van der Waals surface area contributed by atoms with E-state index in [-0.39, 0.29) is 24.5 Å². The highest BCUT2D eigenvalue weighted by Crippen LogP contribution is 2.44. The molecule has 1 unspecified atom stereocenters. The lowest BCUT2D eigenvalue weighted by molar-refractivity contribution is 0.115. The van der Waals surface area contributed by atoms with Gasteiger partial charge in [-0.05, 0) is 5.41 Å². The minimum atomic E-state index is -3.89. The molecule has 0 aromatic rings. The fourth-order valence-electron chi connectivity index (χ4n) is 0.462. The topological polar surface area (TPSA) is 55.8 Å². The van der Waals surface area contributed by atoms with E-state index in [1.54, 1.807) is 0 Å². The summed E-state index contributed by atoms with van der Waals surface area (Å²) in [4.78, 5) is 9.06. The second-order valence-corrected chi connectivity index (χ2v) is 5.66. The zero-order valence-electron chi connectivity index (χ0n) is 8.12. The molecule has 1 N–H and O–H groups in total. The molecule has 0 fully saturated rings. The summed E-state index contributed by atoms with van der Waals surface area (Å²) in [5, 5.41) is 0. The molecule has 0 rings (SSSR count). The van der Waals surface area contributed by atoms with E-state index in [2.05, 4.69) is 4.52 Å². The summed E-state index contributed by atoms with van der Waals surface area (Å²) < 4.78 is 20.3. The summed E-state index contributed by atoms with van der Waals surface area (Å²) >= 11 is 5.28. The van der Waals surface area contributed by atoms with Crippen LogP contribution < -0.4 is 0 Å². The van der Waals surface area contributed by atoms with Crippen LogP contribution in [-0.2, 0) is 13.6 Å². The third-order valence-corrected chi connectivity index (χ3v) is 2.11. The first-order valence-corrected chi connectivity index (χ1v) is 5.98. The van der Waals surface area contributed by atoms with Crippen LogP contribution in [0.3, 0.4) is 0 Å². The smallest absolute Gasteiger partial charge is 0.302 e. The highest BCUT2D eigenvalue weighted by atomic mass is 35.5. The van der Waals surface area contributed by atoms with E-state index in [9.17, 15) is 4.57 Å². The molecule has 13 heavy (non-hydrogen) atoms. The molecule has 1 atom stereocenters. The molecule has 0 aliphatic heterocycles. The third-order valence-electron chi connectivity index (χ3n) is 0.992. The van der Waals surface area contributed by atoms with E-state index in [1.807, 2.05) is 20.8 Å². The molecule has 0 amide bonds. The molecular weight excluding hydrogens is 214 g/mol. The molecule has 0 aromatic carbocycles. The normalized spacial score (nSPS) is 17.0. The average Bonchev–Trinajstić information content (AvgIpc) is 1.97. The molecule has 0 saturated carbocycles. The fraction of sp³-hybridized carbons (Fsp3) is 1.00. The number of hydrogen-bond acceptors (Lipinski definition) is 3. The van der Waals surface area contributed by atoms with Crippen molar-refractivity contribution in [2.24, 2.45) is 5.41 Å². The van der Waals surface area contributed by atoms with E-state index in [1.165, 1.54) is 0 Å². The van der Waals surface area contributed by atoms with Crippen molar-refractivity contribution in [3.05, 3.63) is 0 Å². The van der Waals surface area contributed by atoms with Crippen LogP contribution in [0.1, 0.15) is 20.8 Å². The molecule has 80 valence electrons. The van der Waals surface area contributed by atoms with Gasteiger partial charge in [0.25, 0.3) is 0 Å². The molecular formula is C7H16ClO4P. The summed E-state index contributed by atoms with van der Waals surface area (Å²) in [6.45, 7) is 5.88. The van der Waals surface area contributed by atoms with Gasteiger partial charge in [-0.15, -0.1) is 11.6 Å². The molecule has 0 radical (unpaired) electrons. The van der Waals surface area contributed by atoms with Gasteiger partial charge in [-0.2, -0.15) is 0 Å². The van der Waals surface area contributed by atoms with Crippen LogP contribution in [0.15, 0.2) is 0 Å². The van der Waals surface area contributed by atoms with Crippen molar-refractivity contribution >= 4 is 19.4 Å². The Morgan fingerprint density at radius 3 is 2.31 bits per heavy atom. The first-order valence-electron chi connectivity index (χ1n) is 3.95. The van der Waals surface area contributed by atoms with Gasteiger partial charge in [0.15, 0.2) is 0 Å². The van der Waals surface area contributed by atoms with Crippen LogP contribution in [0.25, 0.3) is 0 Å². The van der Waals surface area contributed by atoms with E-state index >= 15 is 0 Å². The van der Waals surface area contributed by atoms with Gasteiger partial charge in [0.1, 0.15) is 0 Å². The standard InChI is InChI=1S/C7H16ClO4P/c1-7(2,3)6-12-13(9,10)11-5-4-8/h4-6H2,1-3H3,(H,9,10). The van der Waals surface area contributed by atoms with Gasteiger partial charge >= 0.3 is 7.82 Å². The maximum atomic E-state index is 11.1.